The van der Waals surface area contributed by atoms with Crippen molar-refractivity contribution in [2.75, 3.05) is 0 Å². The quantitative estimate of drug-likeness (QED) is 0.732. The van der Waals surface area contributed by atoms with Crippen LogP contribution in [-0.2, 0) is 16.6 Å². The molecule has 3 nitrogen and oxygen atoms in total. The molecule has 0 bridgehead atoms. The number of benzene rings is 1. The van der Waals surface area contributed by atoms with Crippen LogP contribution < -0.4 is 0 Å². The van der Waals surface area contributed by atoms with E-state index in [1.807, 2.05) is 13.0 Å². The lowest BCUT2D eigenvalue weighted by Gasteiger charge is -2.34. The summed E-state index contributed by atoms with van der Waals surface area (Å²) < 4.78 is 5.66. The zero-order valence-electron chi connectivity index (χ0n) is 13.3. The molecule has 0 amide bonds. The van der Waals surface area contributed by atoms with Crippen molar-refractivity contribution in [2.24, 2.45) is 0 Å². The molecule has 1 atom stereocenters. The number of ketones is 2. The Labute approximate surface area is 130 Å². The van der Waals surface area contributed by atoms with Gasteiger partial charge in [-0.05, 0) is 48.8 Å². The summed E-state index contributed by atoms with van der Waals surface area (Å²) in [6.45, 7) is 6.33. The molecule has 0 fully saturated rings. The fourth-order valence-electron chi connectivity index (χ4n) is 4.19. The third-order valence-corrected chi connectivity index (χ3v) is 5.31. The van der Waals surface area contributed by atoms with Crippen molar-refractivity contribution in [3.8, 4) is 0 Å². The molecule has 0 radical (unpaired) electrons. The van der Waals surface area contributed by atoms with Gasteiger partial charge >= 0.3 is 0 Å². The van der Waals surface area contributed by atoms with Crippen LogP contribution in [-0.4, -0.2) is 17.7 Å². The number of hydrogen-bond acceptors (Lipinski definition) is 3. The highest BCUT2D eigenvalue weighted by Gasteiger charge is 2.42. The minimum Gasteiger partial charge on any atom is -0.486 e. The Hall–Kier alpha value is -1.90. The Kier molecular flexibility index (Phi) is 2.69. The van der Waals surface area contributed by atoms with Gasteiger partial charge in [-0.25, -0.2) is 0 Å². The molecular formula is C19H20O3. The Morgan fingerprint density at radius 1 is 1.18 bits per heavy atom. The Balaban J connectivity index is 1.95. The lowest BCUT2D eigenvalue weighted by molar-refractivity contribution is 0.0860. The third kappa shape index (κ3) is 1.68. The number of rotatable bonds is 0. The number of allylic oxidation sites excluding steroid dienone is 1. The van der Waals surface area contributed by atoms with Crippen molar-refractivity contribution in [3.63, 3.8) is 0 Å². The maximum atomic E-state index is 12.9. The SMILES string of the molecule is C[C@@H]1CC2=C(O1)C(=O)c1c(ccc3c1CCCC3(C)C)C2=O. The van der Waals surface area contributed by atoms with Crippen molar-refractivity contribution < 1.29 is 14.3 Å². The topological polar surface area (TPSA) is 43.4 Å². The molecule has 0 spiro atoms. The van der Waals surface area contributed by atoms with Crippen molar-refractivity contribution >= 4 is 11.6 Å². The molecule has 4 rings (SSSR count). The van der Waals surface area contributed by atoms with Gasteiger partial charge in [0.05, 0.1) is 0 Å². The van der Waals surface area contributed by atoms with Gasteiger partial charge in [0.15, 0.2) is 11.5 Å². The first kappa shape index (κ1) is 13.7. The number of hydrogen-bond donors (Lipinski definition) is 0. The predicted octanol–water partition coefficient (Wildman–Crippen LogP) is 3.74. The summed E-state index contributed by atoms with van der Waals surface area (Å²) in [5.74, 6) is 0.213. The van der Waals surface area contributed by atoms with Crippen molar-refractivity contribution in [1.29, 1.82) is 0 Å². The molecule has 0 saturated carbocycles. The number of Topliss-reactive ketones (excluding diaryl/α,β-unsaturated/α-hetero) is 2. The third-order valence-electron chi connectivity index (χ3n) is 5.31. The maximum absolute atomic E-state index is 12.9. The normalized spacial score (nSPS) is 25.5. The van der Waals surface area contributed by atoms with E-state index < -0.39 is 0 Å². The number of fused-ring (bicyclic) bond motifs is 3. The summed E-state index contributed by atoms with van der Waals surface area (Å²) in [6, 6.07) is 3.91. The summed E-state index contributed by atoms with van der Waals surface area (Å²) in [7, 11) is 0. The van der Waals surface area contributed by atoms with Gasteiger partial charge < -0.3 is 4.74 Å². The highest BCUT2D eigenvalue weighted by Crippen LogP contribution is 2.43. The van der Waals surface area contributed by atoms with E-state index in [0.717, 1.165) is 24.8 Å². The van der Waals surface area contributed by atoms with E-state index in [4.69, 9.17) is 4.74 Å². The smallest absolute Gasteiger partial charge is 0.229 e. The van der Waals surface area contributed by atoms with Gasteiger partial charge in [0.1, 0.15) is 6.10 Å². The van der Waals surface area contributed by atoms with Gasteiger partial charge in [-0.15, -0.1) is 0 Å². The molecule has 0 unspecified atom stereocenters. The standard InChI is InChI=1S/C19H20O3/c1-10-9-13-16(20)12-6-7-14-11(5-4-8-19(14,2)3)15(12)17(21)18(13)22-10/h6-7,10H,4-5,8-9H2,1-3H3/t10-/m1/s1. The van der Waals surface area contributed by atoms with Gasteiger partial charge in [-0.3, -0.25) is 9.59 Å². The van der Waals surface area contributed by atoms with Crippen LogP contribution in [0.15, 0.2) is 23.5 Å². The molecule has 1 heterocycles. The minimum absolute atomic E-state index is 0.0138. The Bertz CT molecular complexity index is 752. The summed E-state index contributed by atoms with van der Waals surface area (Å²) in [5, 5.41) is 0. The molecule has 0 aromatic heterocycles. The van der Waals surface area contributed by atoms with Crippen molar-refractivity contribution in [1.82, 2.24) is 0 Å². The predicted molar refractivity (Wildman–Crippen MR) is 83.3 cm³/mol. The average Bonchev–Trinajstić information content (AvgIpc) is 2.86. The lowest BCUT2D eigenvalue weighted by atomic mass is 9.69. The van der Waals surface area contributed by atoms with Gasteiger partial charge in [-0.1, -0.05) is 19.9 Å². The van der Waals surface area contributed by atoms with Crippen LogP contribution in [0.5, 0.6) is 0 Å². The summed E-state index contributed by atoms with van der Waals surface area (Å²) in [5.41, 5.74) is 4.11. The van der Waals surface area contributed by atoms with E-state index in [1.54, 1.807) is 0 Å². The highest BCUT2D eigenvalue weighted by molar-refractivity contribution is 6.27. The lowest BCUT2D eigenvalue weighted by Crippen LogP contribution is -2.29. The fourth-order valence-corrected chi connectivity index (χ4v) is 4.19. The zero-order chi connectivity index (χ0) is 15.6. The van der Waals surface area contributed by atoms with Crippen LogP contribution in [0.1, 0.15) is 71.9 Å². The van der Waals surface area contributed by atoms with Gasteiger partial charge in [0.2, 0.25) is 5.78 Å². The molecule has 2 aliphatic carbocycles. The van der Waals surface area contributed by atoms with E-state index in [9.17, 15) is 9.59 Å². The summed E-state index contributed by atoms with van der Waals surface area (Å²) in [6.07, 6.45) is 3.50. The van der Waals surface area contributed by atoms with Gasteiger partial charge in [0, 0.05) is 23.1 Å². The van der Waals surface area contributed by atoms with Crippen LogP contribution >= 0.6 is 0 Å². The first-order chi connectivity index (χ1) is 10.4. The van der Waals surface area contributed by atoms with Gasteiger partial charge in [0.25, 0.3) is 0 Å². The van der Waals surface area contributed by atoms with Crippen LogP contribution in [0.4, 0.5) is 0 Å². The van der Waals surface area contributed by atoms with Crippen LogP contribution in [0.25, 0.3) is 0 Å². The molecular weight excluding hydrogens is 276 g/mol. The van der Waals surface area contributed by atoms with E-state index >= 15 is 0 Å². The van der Waals surface area contributed by atoms with E-state index in [1.165, 1.54) is 5.56 Å². The first-order valence-electron chi connectivity index (χ1n) is 8.06. The molecule has 22 heavy (non-hydrogen) atoms. The first-order valence-corrected chi connectivity index (χ1v) is 8.06. The van der Waals surface area contributed by atoms with E-state index in [0.29, 0.717) is 28.9 Å². The van der Waals surface area contributed by atoms with Crippen molar-refractivity contribution in [3.05, 3.63) is 45.7 Å². The van der Waals surface area contributed by atoms with E-state index in [2.05, 4.69) is 19.9 Å². The molecule has 114 valence electrons. The Morgan fingerprint density at radius 3 is 2.73 bits per heavy atom. The molecule has 1 aromatic rings. The monoisotopic (exact) mass is 296 g/mol. The number of carbonyl (C=O) groups is 2. The minimum atomic E-state index is -0.0838. The largest absolute Gasteiger partial charge is 0.486 e. The Morgan fingerprint density at radius 2 is 1.95 bits per heavy atom. The molecule has 1 aromatic carbocycles. The van der Waals surface area contributed by atoms with Crippen LogP contribution in [0, 0.1) is 0 Å². The molecule has 3 heteroatoms. The second kappa shape index (κ2) is 4.31. The summed E-state index contributed by atoms with van der Waals surface area (Å²) in [4.78, 5) is 25.7. The second-order valence-electron chi connectivity index (χ2n) is 7.35. The van der Waals surface area contributed by atoms with Crippen LogP contribution in [0.2, 0.25) is 0 Å². The number of ether oxygens (including phenoxy) is 1. The van der Waals surface area contributed by atoms with E-state index in [-0.39, 0.29) is 23.1 Å². The second-order valence-corrected chi connectivity index (χ2v) is 7.35. The molecule has 0 saturated heterocycles. The van der Waals surface area contributed by atoms with Crippen molar-refractivity contribution in [2.45, 2.75) is 58.0 Å². The molecule has 3 aliphatic rings. The van der Waals surface area contributed by atoms with Gasteiger partial charge in [-0.2, -0.15) is 0 Å². The number of carbonyl (C=O) groups excluding carboxylic acids is 2. The van der Waals surface area contributed by atoms with Crippen LogP contribution in [0.3, 0.4) is 0 Å². The molecule has 0 N–H and O–H groups in total. The summed E-state index contributed by atoms with van der Waals surface area (Å²) >= 11 is 0. The molecule has 1 aliphatic heterocycles. The highest BCUT2D eigenvalue weighted by atomic mass is 16.5. The fraction of sp³-hybridized carbons (Fsp3) is 0.474. The average molecular weight is 296 g/mol. The zero-order valence-corrected chi connectivity index (χ0v) is 13.3. The maximum Gasteiger partial charge on any atom is 0.229 e.